The van der Waals surface area contributed by atoms with Crippen LogP contribution in [0.3, 0.4) is 0 Å². The molecule has 1 unspecified atom stereocenters. The van der Waals surface area contributed by atoms with E-state index in [-0.39, 0.29) is 12.6 Å². The van der Waals surface area contributed by atoms with Gasteiger partial charge in [0.05, 0.1) is 14.2 Å². The first kappa shape index (κ1) is 11.8. The average Bonchev–Trinajstić information content (AvgIpc) is 2.28. The lowest BCUT2D eigenvalue weighted by molar-refractivity contribution is 0.275. The number of methoxy groups -OCH3 is 2. The number of benzene rings is 1. The monoisotopic (exact) mass is 211 g/mol. The molecule has 0 amide bonds. The zero-order chi connectivity index (χ0) is 11.3. The molecule has 15 heavy (non-hydrogen) atoms. The number of hydrogen-bond donors (Lipinski definition) is 2. The standard InChI is InChI=1S/C11H17NO3/c1-14-8-3-4-11(15-2)9(7-8)10(12)5-6-13/h3-4,7,10,13H,5-6,12H2,1-2H3. The van der Waals surface area contributed by atoms with Crippen molar-refractivity contribution in [1.29, 1.82) is 0 Å². The normalized spacial score (nSPS) is 12.3. The maximum atomic E-state index is 8.84. The van der Waals surface area contributed by atoms with E-state index < -0.39 is 0 Å². The van der Waals surface area contributed by atoms with Gasteiger partial charge in [0.25, 0.3) is 0 Å². The molecule has 4 nitrogen and oxygen atoms in total. The molecule has 0 aliphatic heterocycles. The second kappa shape index (κ2) is 5.58. The molecule has 0 aliphatic rings. The van der Waals surface area contributed by atoms with Crippen molar-refractivity contribution in [3.63, 3.8) is 0 Å². The summed E-state index contributed by atoms with van der Waals surface area (Å²) in [4.78, 5) is 0. The van der Waals surface area contributed by atoms with Gasteiger partial charge in [0, 0.05) is 18.2 Å². The fraction of sp³-hybridized carbons (Fsp3) is 0.455. The predicted molar refractivity (Wildman–Crippen MR) is 58.2 cm³/mol. The maximum Gasteiger partial charge on any atom is 0.123 e. The third-order valence-electron chi connectivity index (χ3n) is 2.28. The molecular weight excluding hydrogens is 194 g/mol. The third-order valence-corrected chi connectivity index (χ3v) is 2.28. The quantitative estimate of drug-likeness (QED) is 0.765. The molecule has 84 valence electrons. The summed E-state index contributed by atoms with van der Waals surface area (Å²) in [7, 11) is 3.19. The minimum Gasteiger partial charge on any atom is -0.497 e. The van der Waals surface area contributed by atoms with E-state index in [1.165, 1.54) is 0 Å². The summed E-state index contributed by atoms with van der Waals surface area (Å²) in [5.74, 6) is 1.45. The van der Waals surface area contributed by atoms with E-state index in [2.05, 4.69) is 0 Å². The fourth-order valence-corrected chi connectivity index (χ4v) is 1.42. The maximum absolute atomic E-state index is 8.84. The van der Waals surface area contributed by atoms with E-state index in [4.69, 9.17) is 20.3 Å². The molecule has 0 aliphatic carbocycles. The first-order valence-corrected chi connectivity index (χ1v) is 4.81. The molecule has 0 saturated carbocycles. The molecule has 1 atom stereocenters. The lowest BCUT2D eigenvalue weighted by Crippen LogP contribution is -2.13. The average molecular weight is 211 g/mol. The number of aliphatic hydroxyl groups excluding tert-OH is 1. The van der Waals surface area contributed by atoms with Gasteiger partial charge in [-0.1, -0.05) is 0 Å². The summed E-state index contributed by atoms with van der Waals surface area (Å²) in [6.07, 6.45) is 0.503. The molecule has 0 spiro atoms. The van der Waals surface area contributed by atoms with Crippen molar-refractivity contribution in [3.05, 3.63) is 23.8 Å². The van der Waals surface area contributed by atoms with Crippen LogP contribution < -0.4 is 15.2 Å². The van der Waals surface area contributed by atoms with Crippen molar-refractivity contribution in [2.24, 2.45) is 5.73 Å². The lowest BCUT2D eigenvalue weighted by Gasteiger charge is -2.15. The molecule has 3 N–H and O–H groups in total. The van der Waals surface area contributed by atoms with Crippen LogP contribution in [-0.2, 0) is 0 Å². The second-order valence-corrected chi connectivity index (χ2v) is 3.23. The van der Waals surface area contributed by atoms with Crippen molar-refractivity contribution in [2.45, 2.75) is 12.5 Å². The van der Waals surface area contributed by atoms with E-state index >= 15 is 0 Å². The van der Waals surface area contributed by atoms with E-state index in [1.807, 2.05) is 18.2 Å². The van der Waals surface area contributed by atoms with Gasteiger partial charge in [-0.15, -0.1) is 0 Å². The summed E-state index contributed by atoms with van der Waals surface area (Å²) in [5, 5.41) is 8.84. The van der Waals surface area contributed by atoms with Crippen LogP contribution in [0.1, 0.15) is 18.0 Å². The van der Waals surface area contributed by atoms with Crippen LogP contribution in [0.4, 0.5) is 0 Å². The number of hydrogen-bond acceptors (Lipinski definition) is 4. The van der Waals surface area contributed by atoms with Crippen LogP contribution in [0.15, 0.2) is 18.2 Å². The summed E-state index contributed by atoms with van der Waals surface area (Å²) >= 11 is 0. The van der Waals surface area contributed by atoms with Gasteiger partial charge in [-0.2, -0.15) is 0 Å². The van der Waals surface area contributed by atoms with Crippen molar-refractivity contribution < 1.29 is 14.6 Å². The van der Waals surface area contributed by atoms with Crippen LogP contribution >= 0.6 is 0 Å². The van der Waals surface area contributed by atoms with Crippen LogP contribution in [0, 0.1) is 0 Å². The van der Waals surface area contributed by atoms with Crippen LogP contribution in [-0.4, -0.2) is 25.9 Å². The molecular formula is C11H17NO3. The Morgan fingerprint density at radius 1 is 1.33 bits per heavy atom. The van der Waals surface area contributed by atoms with Gasteiger partial charge in [-0.25, -0.2) is 0 Å². The van der Waals surface area contributed by atoms with Gasteiger partial charge in [0.2, 0.25) is 0 Å². The Balaban J connectivity index is 3.00. The lowest BCUT2D eigenvalue weighted by atomic mass is 10.0. The van der Waals surface area contributed by atoms with E-state index in [0.29, 0.717) is 6.42 Å². The van der Waals surface area contributed by atoms with Crippen molar-refractivity contribution >= 4 is 0 Å². The van der Waals surface area contributed by atoms with Crippen LogP contribution in [0.5, 0.6) is 11.5 Å². The molecule has 0 heterocycles. The highest BCUT2D eigenvalue weighted by molar-refractivity contribution is 5.42. The smallest absolute Gasteiger partial charge is 0.123 e. The topological polar surface area (TPSA) is 64.7 Å². The summed E-state index contributed by atoms with van der Waals surface area (Å²) < 4.78 is 10.3. The second-order valence-electron chi connectivity index (χ2n) is 3.23. The third kappa shape index (κ3) is 2.84. The van der Waals surface area contributed by atoms with Gasteiger partial charge in [-0.05, 0) is 24.6 Å². The molecule has 0 aromatic heterocycles. The Labute approximate surface area is 89.6 Å². The zero-order valence-corrected chi connectivity index (χ0v) is 9.06. The highest BCUT2D eigenvalue weighted by atomic mass is 16.5. The summed E-state index contributed by atoms with van der Waals surface area (Å²) in [6, 6.07) is 5.22. The zero-order valence-electron chi connectivity index (χ0n) is 9.06. The number of ether oxygens (including phenoxy) is 2. The molecule has 0 saturated heterocycles. The molecule has 4 heteroatoms. The van der Waals surface area contributed by atoms with Gasteiger partial charge in [-0.3, -0.25) is 0 Å². The molecule has 0 fully saturated rings. The van der Waals surface area contributed by atoms with Gasteiger partial charge < -0.3 is 20.3 Å². The van der Waals surface area contributed by atoms with Crippen LogP contribution in [0.25, 0.3) is 0 Å². The summed E-state index contributed by atoms with van der Waals surface area (Å²) in [6.45, 7) is 0.0571. The van der Waals surface area contributed by atoms with E-state index in [0.717, 1.165) is 17.1 Å². The van der Waals surface area contributed by atoms with Gasteiger partial charge in [0.1, 0.15) is 11.5 Å². The van der Waals surface area contributed by atoms with Gasteiger partial charge in [0.15, 0.2) is 0 Å². The molecule has 1 aromatic rings. The van der Waals surface area contributed by atoms with Crippen molar-refractivity contribution in [1.82, 2.24) is 0 Å². The number of nitrogens with two attached hydrogens (primary N) is 1. The first-order chi connectivity index (χ1) is 7.22. The Bertz CT molecular complexity index is 315. The Kier molecular flexibility index (Phi) is 4.39. The van der Waals surface area contributed by atoms with Crippen LogP contribution in [0.2, 0.25) is 0 Å². The minimum absolute atomic E-state index is 0.0571. The van der Waals surface area contributed by atoms with Crippen molar-refractivity contribution in [3.8, 4) is 11.5 Å². The molecule has 1 rings (SSSR count). The van der Waals surface area contributed by atoms with E-state index in [1.54, 1.807) is 14.2 Å². The highest BCUT2D eigenvalue weighted by Gasteiger charge is 2.12. The highest BCUT2D eigenvalue weighted by Crippen LogP contribution is 2.29. The first-order valence-electron chi connectivity index (χ1n) is 4.81. The van der Waals surface area contributed by atoms with E-state index in [9.17, 15) is 0 Å². The SMILES string of the molecule is COc1ccc(OC)c(C(N)CCO)c1. The Morgan fingerprint density at radius 3 is 2.60 bits per heavy atom. The van der Waals surface area contributed by atoms with Gasteiger partial charge >= 0.3 is 0 Å². The molecule has 0 bridgehead atoms. The number of rotatable bonds is 5. The fourth-order valence-electron chi connectivity index (χ4n) is 1.42. The largest absolute Gasteiger partial charge is 0.497 e. The minimum atomic E-state index is -0.236. The number of aliphatic hydroxyl groups is 1. The predicted octanol–water partition coefficient (Wildman–Crippen LogP) is 1.09. The molecule has 1 aromatic carbocycles. The Hall–Kier alpha value is -1.26. The Morgan fingerprint density at radius 2 is 2.07 bits per heavy atom. The van der Waals surface area contributed by atoms with Crippen molar-refractivity contribution in [2.75, 3.05) is 20.8 Å². The summed E-state index contributed by atoms with van der Waals surface area (Å²) in [5.41, 5.74) is 6.76. The molecule has 0 radical (unpaired) electrons.